The molecule has 0 amide bonds. The minimum atomic E-state index is -0.621. The predicted molar refractivity (Wildman–Crippen MR) is 105 cm³/mol. The van der Waals surface area contributed by atoms with Gasteiger partial charge in [0.05, 0.1) is 12.6 Å². The molecule has 6 heteroatoms. The van der Waals surface area contributed by atoms with Crippen LogP contribution in [0.5, 0.6) is 0 Å². The number of hydrogen-bond donors (Lipinski definition) is 3. The topological polar surface area (TPSA) is 56.7 Å². The van der Waals surface area contributed by atoms with Crippen LogP contribution in [0.4, 0.5) is 0 Å². The van der Waals surface area contributed by atoms with Crippen LogP contribution < -0.4 is 10.6 Å². The van der Waals surface area contributed by atoms with Crippen LogP contribution in [0.2, 0.25) is 5.02 Å². The lowest BCUT2D eigenvalue weighted by atomic mass is 10.1. The minimum Gasteiger partial charge on any atom is -0.386 e. The van der Waals surface area contributed by atoms with E-state index in [1.165, 1.54) is 25.0 Å². The maximum Gasteiger partial charge on any atom is 0.191 e. The Hall–Kier alpha value is -0.910. The molecule has 1 fully saturated rings. The summed E-state index contributed by atoms with van der Waals surface area (Å²) in [6.07, 6.45) is 3.01. The highest BCUT2D eigenvalue weighted by Crippen LogP contribution is 2.29. The number of hydrogen-bond acceptors (Lipinski definition) is 3. The number of nitrogens with one attached hydrogen (secondary N) is 2. The maximum absolute atomic E-state index is 10.3. The first-order valence-corrected chi connectivity index (χ1v) is 10.1. The molecule has 1 aromatic rings. The molecule has 0 radical (unpaired) electrons. The number of aliphatic imine (C=N–C) groups is 1. The summed E-state index contributed by atoms with van der Waals surface area (Å²) in [7, 11) is 0. The zero-order valence-electron chi connectivity index (χ0n) is 14.5. The Bertz CT molecular complexity index is 524. The zero-order valence-corrected chi connectivity index (χ0v) is 16.0. The molecule has 1 aliphatic carbocycles. The third-order valence-electron chi connectivity index (χ3n) is 4.15. The van der Waals surface area contributed by atoms with Crippen LogP contribution in [0.15, 0.2) is 29.3 Å². The Labute approximate surface area is 154 Å². The van der Waals surface area contributed by atoms with E-state index in [9.17, 15) is 5.11 Å². The molecule has 1 aromatic carbocycles. The van der Waals surface area contributed by atoms with Gasteiger partial charge in [0.15, 0.2) is 5.96 Å². The van der Waals surface area contributed by atoms with Crippen molar-refractivity contribution in [3.63, 3.8) is 0 Å². The van der Waals surface area contributed by atoms with Crippen molar-refractivity contribution in [2.45, 2.75) is 50.5 Å². The average molecular weight is 370 g/mol. The van der Waals surface area contributed by atoms with Gasteiger partial charge in [-0.2, -0.15) is 11.8 Å². The van der Waals surface area contributed by atoms with Gasteiger partial charge in [0.25, 0.3) is 0 Å². The predicted octanol–water partition coefficient (Wildman–Crippen LogP) is 3.60. The highest BCUT2D eigenvalue weighted by atomic mass is 35.5. The molecule has 3 atom stereocenters. The third-order valence-corrected chi connectivity index (χ3v) is 5.63. The van der Waals surface area contributed by atoms with E-state index in [1.54, 1.807) is 12.1 Å². The second-order valence-electron chi connectivity index (χ2n) is 6.02. The van der Waals surface area contributed by atoms with E-state index >= 15 is 0 Å². The molecule has 3 N–H and O–H groups in total. The standard InChI is InChI=1S/C18H28ClN3OS/c1-3-20-18(22-15-9-10-16(11-15)24-4-2)21-12-17(23)13-5-7-14(19)8-6-13/h5-8,15-17,23H,3-4,9-12H2,1-2H3,(H2,20,21,22). The van der Waals surface area contributed by atoms with Crippen molar-refractivity contribution >= 4 is 29.3 Å². The number of aliphatic hydroxyl groups excluding tert-OH is 1. The van der Waals surface area contributed by atoms with Crippen molar-refractivity contribution in [2.75, 3.05) is 18.8 Å². The highest BCUT2D eigenvalue weighted by Gasteiger charge is 2.25. The van der Waals surface area contributed by atoms with Gasteiger partial charge < -0.3 is 15.7 Å². The van der Waals surface area contributed by atoms with Crippen molar-refractivity contribution < 1.29 is 5.11 Å². The first-order valence-electron chi connectivity index (χ1n) is 8.72. The van der Waals surface area contributed by atoms with Crippen LogP contribution in [0.3, 0.4) is 0 Å². The van der Waals surface area contributed by atoms with Crippen molar-refractivity contribution in [3.8, 4) is 0 Å². The number of nitrogens with zero attached hydrogens (tertiary/aromatic N) is 1. The molecule has 2 rings (SSSR count). The Morgan fingerprint density at radius 1 is 1.33 bits per heavy atom. The smallest absolute Gasteiger partial charge is 0.191 e. The molecule has 0 saturated heterocycles. The summed E-state index contributed by atoms with van der Waals surface area (Å²) < 4.78 is 0. The highest BCUT2D eigenvalue weighted by molar-refractivity contribution is 7.99. The number of rotatable bonds is 7. The fourth-order valence-electron chi connectivity index (χ4n) is 2.94. The Kier molecular flexibility index (Phi) is 8.22. The average Bonchev–Trinajstić information content (AvgIpc) is 3.01. The molecule has 1 saturated carbocycles. The van der Waals surface area contributed by atoms with E-state index in [1.807, 2.05) is 23.9 Å². The third kappa shape index (κ3) is 6.19. The molecule has 4 nitrogen and oxygen atoms in total. The molecule has 0 aliphatic heterocycles. The molecule has 134 valence electrons. The quantitative estimate of drug-likeness (QED) is 0.507. The fourth-order valence-corrected chi connectivity index (χ4v) is 4.21. The van der Waals surface area contributed by atoms with Gasteiger partial charge in [0, 0.05) is 22.9 Å². The number of halogens is 1. The number of benzene rings is 1. The van der Waals surface area contributed by atoms with Crippen molar-refractivity contribution in [3.05, 3.63) is 34.9 Å². The van der Waals surface area contributed by atoms with Gasteiger partial charge in [-0.1, -0.05) is 30.7 Å². The summed E-state index contributed by atoms with van der Waals surface area (Å²) in [5.41, 5.74) is 0.833. The maximum atomic E-state index is 10.3. The Balaban J connectivity index is 1.89. The minimum absolute atomic E-state index is 0.330. The summed E-state index contributed by atoms with van der Waals surface area (Å²) in [6, 6.07) is 7.73. The second-order valence-corrected chi connectivity index (χ2v) is 8.03. The first-order chi connectivity index (χ1) is 11.6. The van der Waals surface area contributed by atoms with E-state index in [4.69, 9.17) is 11.6 Å². The number of thioether (sulfide) groups is 1. The summed E-state index contributed by atoms with van der Waals surface area (Å²) in [4.78, 5) is 4.55. The monoisotopic (exact) mass is 369 g/mol. The molecule has 24 heavy (non-hydrogen) atoms. The number of aliphatic hydroxyl groups is 1. The second kappa shape index (κ2) is 10.2. The van der Waals surface area contributed by atoms with Crippen LogP contribution in [0, 0.1) is 0 Å². The summed E-state index contributed by atoms with van der Waals surface area (Å²) in [6.45, 7) is 5.41. The largest absolute Gasteiger partial charge is 0.386 e. The lowest BCUT2D eigenvalue weighted by molar-refractivity contribution is 0.187. The lowest BCUT2D eigenvalue weighted by Crippen LogP contribution is -2.42. The van der Waals surface area contributed by atoms with Gasteiger partial charge in [-0.05, 0) is 49.6 Å². The van der Waals surface area contributed by atoms with Gasteiger partial charge in [0.1, 0.15) is 0 Å². The van der Waals surface area contributed by atoms with Gasteiger partial charge >= 0.3 is 0 Å². The van der Waals surface area contributed by atoms with Gasteiger partial charge in [-0.15, -0.1) is 0 Å². The molecule has 0 aromatic heterocycles. The normalized spacial score (nSPS) is 22.4. The van der Waals surface area contributed by atoms with Crippen molar-refractivity contribution in [2.24, 2.45) is 4.99 Å². The molecular weight excluding hydrogens is 342 g/mol. The Morgan fingerprint density at radius 3 is 2.75 bits per heavy atom. The molecule has 0 spiro atoms. The molecule has 0 heterocycles. The Morgan fingerprint density at radius 2 is 2.08 bits per heavy atom. The summed E-state index contributed by atoms with van der Waals surface area (Å²) in [5.74, 6) is 1.97. The van der Waals surface area contributed by atoms with Gasteiger partial charge in [-0.3, -0.25) is 4.99 Å². The van der Waals surface area contributed by atoms with Crippen molar-refractivity contribution in [1.82, 2.24) is 10.6 Å². The molecular formula is C18H28ClN3OS. The van der Waals surface area contributed by atoms with Crippen molar-refractivity contribution in [1.29, 1.82) is 0 Å². The van der Waals surface area contributed by atoms with Gasteiger partial charge in [-0.25, -0.2) is 0 Å². The van der Waals surface area contributed by atoms with E-state index in [2.05, 4.69) is 29.5 Å². The van der Waals surface area contributed by atoms with Crippen LogP contribution in [0.1, 0.15) is 44.8 Å². The van der Waals surface area contributed by atoms with Crippen LogP contribution >= 0.6 is 23.4 Å². The van der Waals surface area contributed by atoms with E-state index in [0.717, 1.165) is 23.3 Å². The number of guanidine groups is 1. The summed E-state index contributed by atoms with van der Waals surface area (Å²) in [5, 5.41) is 18.5. The van der Waals surface area contributed by atoms with E-state index in [-0.39, 0.29) is 0 Å². The van der Waals surface area contributed by atoms with Crippen LogP contribution in [-0.4, -0.2) is 41.2 Å². The van der Waals surface area contributed by atoms with Gasteiger partial charge in [0.2, 0.25) is 0 Å². The molecule has 1 aliphatic rings. The first kappa shape index (κ1) is 19.4. The van der Waals surface area contributed by atoms with E-state index < -0.39 is 6.10 Å². The molecule has 3 unspecified atom stereocenters. The molecule has 0 bridgehead atoms. The summed E-state index contributed by atoms with van der Waals surface area (Å²) >= 11 is 7.93. The van der Waals surface area contributed by atoms with E-state index in [0.29, 0.717) is 17.6 Å². The SMILES string of the molecule is CCNC(=NCC(O)c1ccc(Cl)cc1)NC1CCC(SCC)C1. The lowest BCUT2D eigenvalue weighted by Gasteiger charge is -2.18. The van der Waals surface area contributed by atoms with Crippen LogP contribution in [0.25, 0.3) is 0 Å². The zero-order chi connectivity index (χ0) is 17.4. The fraction of sp³-hybridized carbons (Fsp3) is 0.611. The van der Waals surface area contributed by atoms with Crippen LogP contribution in [-0.2, 0) is 0 Å².